The van der Waals surface area contributed by atoms with E-state index in [2.05, 4.69) is 27.5 Å². The van der Waals surface area contributed by atoms with Crippen LogP contribution in [-0.4, -0.2) is 32.7 Å². The highest BCUT2D eigenvalue weighted by atomic mass is 32.2. The van der Waals surface area contributed by atoms with Gasteiger partial charge in [0, 0.05) is 17.8 Å². The minimum absolute atomic E-state index is 0.0500. The van der Waals surface area contributed by atoms with E-state index < -0.39 is 4.92 Å². The number of thioether (sulfide) groups is 1. The lowest BCUT2D eigenvalue weighted by molar-refractivity contribution is -0.383. The fourth-order valence-electron chi connectivity index (χ4n) is 1.73. The van der Waals surface area contributed by atoms with Crippen LogP contribution in [0.25, 0.3) is 0 Å². The Morgan fingerprint density at radius 1 is 1.14 bits per heavy atom. The van der Waals surface area contributed by atoms with Crippen LogP contribution in [0.3, 0.4) is 0 Å². The summed E-state index contributed by atoms with van der Waals surface area (Å²) < 4.78 is 0. The predicted molar refractivity (Wildman–Crippen MR) is 91.8 cm³/mol. The lowest BCUT2D eigenvalue weighted by Crippen LogP contribution is -2.18. The zero-order valence-electron chi connectivity index (χ0n) is 13.8. The summed E-state index contributed by atoms with van der Waals surface area (Å²) in [4.78, 5) is 19.6. The van der Waals surface area contributed by atoms with Crippen molar-refractivity contribution in [2.75, 3.05) is 16.4 Å². The van der Waals surface area contributed by atoms with Crippen LogP contribution in [0.15, 0.2) is 5.16 Å². The maximum atomic E-state index is 11.4. The van der Waals surface area contributed by atoms with Crippen LogP contribution in [0.5, 0.6) is 0 Å². The summed E-state index contributed by atoms with van der Waals surface area (Å²) in [6.45, 7) is 9.81. The van der Waals surface area contributed by atoms with Crippen LogP contribution in [0.4, 0.5) is 17.3 Å². The molecule has 1 aromatic heterocycles. The first-order valence-corrected chi connectivity index (χ1v) is 8.56. The highest BCUT2D eigenvalue weighted by Crippen LogP contribution is 2.33. The third kappa shape index (κ3) is 5.67. The van der Waals surface area contributed by atoms with Gasteiger partial charge in [-0.15, -0.1) is 0 Å². The van der Waals surface area contributed by atoms with Crippen LogP contribution in [0.1, 0.15) is 47.5 Å². The van der Waals surface area contributed by atoms with Crippen molar-refractivity contribution in [2.45, 2.75) is 64.7 Å². The van der Waals surface area contributed by atoms with E-state index in [1.54, 1.807) is 0 Å². The van der Waals surface area contributed by atoms with Gasteiger partial charge in [-0.3, -0.25) is 10.1 Å². The fraction of sp³-hybridized carbons (Fsp3) is 0.714. The molecule has 124 valence electrons. The van der Waals surface area contributed by atoms with Crippen molar-refractivity contribution in [3.05, 3.63) is 10.1 Å². The largest absolute Gasteiger partial charge is 0.362 e. The molecule has 0 aliphatic heterocycles. The van der Waals surface area contributed by atoms with Crippen molar-refractivity contribution in [3.63, 3.8) is 0 Å². The second kappa shape index (κ2) is 8.77. The summed E-state index contributed by atoms with van der Waals surface area (Å²) in [6, 6.07) is 0.1000. The number of rotatable bonds is 9. The molecule has 7 nitrogen and oxygen atoms in total. The molecule has 1 aromatic rings. The Kier molecular flexibility index (Phi) is 7.37. The van der Waals surface area contributed by atoms with Gasteiger partial charge < -0.3 is 10.6 Å². The van der Waals surface area contributed by atoms with E-state index in [4.69, 9.17) is 0 Å². The molecule has 8 heteroatoms. The number of nitrogens with one attached hydrogen (secondary N) is 2. The second-order valence-corrected chi connectivity index (χ2v) is 6.67. The molecule has 0 spiro atoms. The summed E-state index contributed by atoms with van der Waals surface area (Å²) in [5, 5.41) is 18.1. The van der Waals surface area contributed by atoms with E-state index in [-0.39, 0.29) is 29.4 Å². The minimum atomic E-state index is -0.435. The molecule has 0 aliphatic rings. The molecule has 0 aliphatic carbocycles. The van der Waals surface area contributed by atoms with E-state index >= 15 is 0 Å². The van der Waals surface area contributed by atoms with Gasteiger partial charge in [0.1, 0.15) is 0 Å². The monoisotopic (exact) mass is 327 g/mol. The molecule has 0 radical (unpaired) electrons. The van der Waals surface area contributed by atoms with E-state index in [9.17, 15) is 10.1 Å². The van der Waals surface area contributed by atoms with Gasteiger partial charge >= 0.3 is 5.69 Å². The van der Waals surface area contributed by atoms with Crippen molar-refractivity contribution in [1.29, 1.82) is 0 Å². The molecule has 0 saturated heterocycles. The first-order chi connectivity index (χ1) is 10.3. The molecular weight excluding hydrogens is 302 g/mol. The quantitative estimate of drug-likeness (QED) is 0.233. The van der Waals surface area contributed by atoms with Crippen molar-refractivity contribution in [3.8, 4) is 0 Å². The molecule has 0 fully saturated rings. The van der Waals surface area contributed by atoms with Crippen molar-refractivity contribution in [1.82, 2.24) is 9.97 Å². The van der Waals surface area contributed by atoms with E-state index in [0.717, 1.165) is 18.6 Å². The molecule has 22 heavy (non-hydrogen) atoms. The lowest BCUT2D eigenvalue weighted by atomic mass is 10.3. The molecule has 0 atom stereocenters. The summed E-state index contributed by atoms with van der Waals surface area (Å²) >= 11 is 1.52. The molecule has 2 N–H and O–H groups in total. The number of nitro groups is 1. The van der Waals surface area contributed by atoms with Gasteiger partial charge in [-0.2, -0.15) is 9.97 Å². The molecule has 0 aromatic carbocycles. The van der Waals surface area contributed by atoms with Gasteiger partial charge in [0.2, 0.25) is 11.6 Å². The van der Waals surface area contributed by atoms with Crippen molar-refractivity contribution in [2.24, 2.45) is 0 Å². The van der Waals surface area contributed by atoms with Crippen LogP contribution in [-0.2, 0) is 0 Å². The van der Waals surface area contributed by atoms with Gasteiger partial charge in [-0.25, -0.2) is 0 Å². The summed E-state index contributed by atoms with van der Waals surface area (Å²) in [7, 11) is 0. The Balaban J connectivity index is 3.23. The first kappa shape index (κ1) is 18.5. The van der Waals surface area contributed by atoms with Gasteiger partial charge in [0.05, 0.1) is 4.92 Å². The zero-order valence-corrected chi connectivity index (χ0v) is 14.7. The number of anilines is 2. The Hall–Kier alpha value is -1.57. The Morgan fingerprint density at radius 2 is 1.64 bits per heavy atom. The third-order valence-corrected chi connectivity index (χ3v) is 3.56. The predicted octanol–water partition coefficient (Wildman–Crippen LogP) is 3.92. The van der Waals surface area contributed by atoms with Gasteiger partial charge in [-0.05, 0) is 34.1 Å². The van der Waals surface area contributed by atoms with Crippen molar-refractivity contribution < 1.29 is 4.92 Å². The third-order valence-electron chi connectivity index (χ3n) is 2.63. The molecule has 0 bridgehead atoms. The summed E-state index contributed by atoms with van der Waals surface area (Å²) in [5.74, 6) is 1.45. The molecular formula is C14H25N5O2S. The van der Waals surface area contributed by atoms with Crippen molar-refractivity contribution >= 4 is 29.1 Å². The minimum Gasteiger partial charge on any atom is -0.362 e. The number of nitrogens with zero attached hydrogens (tertiary/aromatic N) is 3. The highest BCUT2D eigenvalue weighted by Gasteiger charge is 2.25. The average Bonchev–Trinajstić information content (AvgIpc) is 2.36. The Morgan fingerprint density at radius 3 is 2.00 bits per heavy atom. The number of unbranched alkanes of at least 4 members (excludes halogenated alkanes) is 1. The molecule has 0 saturated carbocycles. The topological polar surface area (TPSA) is 93.0 Å². The van der Waals surface area contributed by atoms with Crippen LogP contribution < -0.4 is 10.6 Å². The lowest BCUT2D eigenvalue weighted by Gasteiger charge is -2.15. The van der Waals surface area contributed by atoms with Gasteiger partial charge in [-0.1, -0.05) is 25.1 Å². The molecule has 1 heterocycles. The number of aromatic nitrogens is 2. The second-order valence-electron chi connectivity index (χ2n) is 5.61. The highest BCUT2D eigenvalue weighted by molar-refractivity contribution is 7.99. The summed E-state index contributed by atoms with van der Waals surface area (Å²) in [6.07, 6.45) is 2.15. The maximum Gasteiger partial charge on any atom is 0.353 e. The zero-order chi connectivity index (χ0) is 16.7. The average molecular weight is 327 g/mol. The number of hydrogen-bond acceptors (Lipinski definition) is 7. The van der Waals surface area contributed by atoms with Gasteiger partial charge in [0.25, 0.3) is 0 Å². The standard InChI is InChI=1S/C14H25N5O2S/c1-6-7-8-22-14-17-12(15-9(2)3)11(19(20)21)13(18-14)16-10(4)5/h9-10H,6-8H2,1-5H3,(H2,15,16,17,18). The van der Waals surface area contributed by atoms with Crippen LogP contribution >= 0.6 is 11.8 Å². The smallest absolute Gasteiger partial charge is 0.353 e. The Bertz CT molecular complexity index is 477. The van der Waals surface area contributed by atoms with E-state index in [1.165, 1.54) is 11.8 Å². The maximum absolute atomic E-state index is 11.4. The first-order valence-electron chi connectivity index (χ1n) is 7.57. The molecule has 0 unspecified atom stereocenters. The normalized spacial score (nSPS) is 11.0. The molecule has 1 rings (SSSR count). The fourth-order valence-corrected chi connectivity index (χ4v) is 2.66. The van der Waals surface area contributed by atoms with Gasteiger partial charge in [0.15, 0.2) is 5.16 Å². The number of hydrogen-bond donors (Lipinski definition) is 2. The summed E-state index contributed by atoms with van der Waals surface area (Å²) in [5.41, 5.74) is -0.0951. The van der Waals surface area contributed by atoms with Crippen LogP contribution in [0.2, 0.25) is 0 Å². The SMILES string of the molecule is CCCCSc1nc(NC(C)C)c([N+](=O)[O-])c(NC(C)C)n1. The van der Waals surface area contributed by atoms with Crippen LogP contribution in [0, 0.1) is 10.1 Å². The Labute approximate surface area is 135 Å². The van der Waals surface area contributed by atoms with E-state index in [0.29, 0.717) is 5.16 Å². The molecule has 0 amide bonds. The van der Waals surface area contributed by atoms with E-state index in [1.807, 2.05) is 27.7 Å².